The highest BCUT2D eigenvalue weighted by molar-refractivity contribution is 8.14. The molecule has 0 fully saturated rings. The van der Waals surface area contributed by atoms with Crippen LogP contribution in [0.15, 0.2) is 47.6 Å². The van der Waals surface area contributed by atoms with Crippen LogP contribution in [0, 0.1) is 11.3 Å². The first-order valence-corrected chi connectivity index (χ1v) is 8.97. The molecule has 0 aliphatic carbocycles. The van der Waals surface area contributed by atoms with Crippen LogP contribution in [0.2, 0.25) is 0 Å². The summed E-state index contributed by atoms with van der Waals surface area (Å²) >= 11 is 1.19. The summed E-state index contributed by atoms with van der Waals surface area (Å²) in [6.45, 7) is 2.26. The van der Waals surface area contributed by atoms with Gasteiger partial charge in [0.2, 0.25) is 0 Å². The maximum atomic E-state index is 12.4. The fourth-order valence-electron chi connectivity index (χ4n) is 2.63. The Balaban J connectivity index is 1.92. The molecule has 1 aliphatic rings. The van der Waals surface area contributed by atoms with E-state index in [2.05, 4.69) is 11.2 Å². The molecule has 0 saturated carbocycles. The number of hydrazone groups is 1. The summed E-state index contributed by atoms with van der Waals surface area (Å²) in [4.78, 5) is 12.4. The summed E-state index contributed by atoms with van der Waals surface area (Å²) in [5.41, 5.74) is 2.77. The number of amides is 1. The molecule has 1 unspecified atom stereocenters. The number of carbonyl (C=O) groups is 1. The number of hydrogen-bond donors (Lipinski definition) is 2. The highest BCUT2D eigenvalue weighted by Crippen LogP contribution is 2.32. The second-order valence-corrected chi connectivity index (χ2v) is 6.99. The van der Waals surface area contributed by atoms with Crippen LogP contribution in [-0.2, 0) is 6.54 Å². The second-order valence-electron chi connectivity index (χ2n) is 5.84. The van der Waals surface area contributed by atoms with Gasteiger partial charge in [0.05, 0.1) is 29.1 Å². The lowest BCUT2D eigenvalue weighted by Gasteiger charge is -2.28. The monoisotopic (exact) mass is 367 g/mol. The molecule has 26 heavy (non-hydrogen) atoms. The van der Waals surface area contributed by atoms with E-state index in [9.17, 15) is 15.0 Å². The number of carbonyl (C=O) groups excluding carboxylic acids is 1. The Morgan fingerprint density at radius 1 is 1.19 bits per heavy atom. The van der Waals surface area contributed by atoms with E-state index in [1.807, 2.05) is 6.92 Å². The molecule has 0 radical (unpaired) electrons. The van der Waals surface area contributed by atoms with Crippen molar-refractivity contribution in [3.63, 3.8) is 0 Å². The summed E-state index contributed by atoms with van der Waals surface area (Å²) in [5, 5.41) is 33.8. The molecule has 0 bridgehead atoms. The first-order chi connectivity index (χ1) is 12.5. The molecule has 1 amide bonds. The Bertz CT molecular complexity index is 903. The number of phenols is 2. The van der Waals surface area contributed by atoms with Crippen molar-refractivity contribution >= 4 is 22.7 Å². The quantitative estimate of drug-likeness (QED) is 0.801. The van der Waals surface area contributed by atoms with Gasteiger partial charge in [0.15, 0.2) is 11.5 Å². The molecular formula is C19H17N3O3S. The van der Waals surface area contributed by atoms with Gasteiger partial charge in [-0.3, -0.25) is 4.79 Å². The number of nitriles is 1. The average Bonchev–Trinajstić information content (AvgIpc) is 2.66. The Kier molecular flexibility index (Phi) is 5.14. The third-order valence-corrected chi connectivity index (χ3v) is 5.30. The van der Waals surface area contributed by atoms with Crippen LogP contribution in [0.5, 0.6) is 11.5 Å². The summed E-state index contributed by atoms with van der Waals surface area (Å²) in [6, 6.07) is 13.6. The zero-order valence-corrected chi connectivity index (χ0v) is 14.9. The molecular weight excluding hydrogens is 350 g/mol. The van der Waals surface area contributed by atoms with E-state index in [0.29, 0.717) is 29.8 Å². The van der Waals surface area contributed by atoms with Gasteiger partial charge >= 0.3 is 5.24 Å². The molecule has 1 aliphatic heterocycles. The van der Waals surface area contributed by atoms with E-state index in [1.54, 1.807) is 30.3 Å². The largest absolute Gasteiger partial charge is 0.504 e. The maximum absolute atomic E-state index is 12.4. The summed E-state index contributed by atoms with van der Waals surface area (Å²) in [7, 11) is 0. The van der Waals surface area contributed by atoms with Gasteiger partial charge in [-0.05, 0) is 42.3 Å². The third-order valence-electron chi connectivity index (χ3n) is 4.04. The first kappa shape index (κ1) is 17.8. The Labute approximate surface area is 155 Å². The lowest BCUT2D eigenvalue weighted by Crippen LogP contribution is -2.34. The van der Waals surface area contributed by atoms with Crippen LogP contribution in [-0.4, -0.2) is 31.4 Å². The van der Waals surface area contributed by atoms with Crippen molar-refractivity contribution < 1.29 is 15.0 Å². The predicted octanol–water partition coefficient (Wildman–Crippen LogP) is 3.82. The van der Waals surface area contributed by atoms with Crippen molar-refractivity contribution in [2.75, 3.05) is 0 Å². The van der Waals surface area contributed by atoms with E-state index in [0.717, 1.165) is 5.56 Å². The van der Waals surface area contributed by atoms with E-state index in [4.69, 9.17) is 5.26 Å². The maximum Gasteiger partial charge on any atom is 0.302 e. The normalized spacial score (nSPS) is 16.9. The van der Waals surface area contributed by atoms with Crippen molar-refractivity contribution in [1.82, 2.24) is 5.01 Å². The van der Waals surface area contributed by atoms with Gasteiger partial charge in [0.25, 0.3) is 0 Å². The van der Waals surface area contributed by atoms with Crippen molar-refractivity contribution in [1.29, 1.82) is 5.26 Å². The van der Waals surface area contributed by atoms with E-state index < -0.39 is 0 Å². The minimum atomic E-state index is -0.222. The number of nitrogens with zero attached hydrogens (tertiary/aromatic N) is 3. The predicted molar refractivity (Wildman–Crippen MR) is 100 cm³/mol. The van der Waals surface area contributed by atoms with Gasteiger partial charge < -0.3 is 10.2 Å². The molecule has 2 N–H and O–H groups in total. The number of aromatic hydroxyl groups is 2. The third kappa shape index (κ3) is 3.65. The van der Waals surface area contributed by atoms with Crippen LogP contribution < -0.4 is 0 Å². The lowest BCUT2D eigenvalue weighted by atomic mass is 10.0. The molecule has 0 aromatic heterocycles. The number of thioether (sulfide) groups is 1. The van der Waals surface area contributed by atoms with Crippen LogP contribution in [0.1, 0.15) is 30.0 Å². The summed E-state index contributed by atoms with van der Waals surface area (Å²) in [6.07, 6.45) is 0.710. The average molecular weight is 367 g/mol. The van der Waals surface area contributed by atoms with E-state index in [1.165, 1.54) is 28.9 Å². The van der Waals surface area contributed by atoms with Crippen LogP contribution >= 0.6 is 11.8 Å². The van der Waals surface area contributed by atoms with E-state index in [-0.39, 0.29) is 22.0 Å². The molecule has 132 valence electrons. The Morgan fingerprint density at radius 3 is 2.54 bits per heavy atom. The van der Waals surface area contributed by atoms with Crippen LogP contribution in [0.4, 0.5) is 4.79 Å². The molecule has 7 heteroatoms. The van der Waals surface area contributed by atoms with Crippen molar-refractivity contribution in [2.24, 2.45) is 5.10 Å². The number of phenolic OH excluding ortho intramolecular Hbond substituents is 2. The van der Waals surface area contributed by atoms with Crippen molar-refractivity contribution in [2.45, 2.75) is 25.1 Å². The van der Waals surface area contributed by atoms with Gasteiger partial charge in [0.1, 0.15) is 0 Å². The molecule has 6 nitrogen and oxygen atoms in total. The van der Waals surface area contributed by atoms with Gasteiger partial charge in [-0.25, -0.2) is 5.01 Å². The molecule has 2 aromatic carbocycles. The van der Waals surface area contributed by atoms with Gasteiger partial charge in [-0.15, -0.1) is 0 Å². The number of rotatable bonds is 4. The highest BCUT2D eigenvalue weighted by Gasteiger charge is 2.30. The number of hydrogen-bond acceptors (Lipinski definition) is 6. The van der Waals surface area contributed by atoms with Crippen molar-refractivity contribution in [3.8, 4) is 17.6 Å². The van der Waals surface area contributed by atoms with Gasteiger partial charge in [0, 0.05) is 5.56 Å². The summed E-state index contributed by atoms with van der Waals surface area (Å²) in [5.74, 6) is -0.419. The minimum Gasteiger partial charge on any atom is -0.504 e. The molecule has 0 spiro atoms. The first-order valence-electron chi connectivity index (χ1n) is 8.10. The fourth-order valence-corrected chi connectivity index (χ4v) is 3.57. The zero-order valence-electron chi connectivity index (χ0n) is 14.1. The fraction of sp³-hybridized carbons (Fsp3) is 0.211. The summed E-state index contributed by atoms with van der Waals surface area (Å²) < 4.78 is 0. The van der Waals surface area contributed by atoms with Crippen molar-refractivity contribution in [3.05, 3.63) is 59.2 Å². The molecule has 3 rings (SSSR count). The Hall–Kier alpha value is -2.98. The van der Waals surface area contributed by atoms with Gasteiger partial charge in [-0.1, -0.05) is 30.8 Å². The highest BCUT2D eigenvalue weighted by atomic mass is 32.2. The van der Waals surface area contributed by atoms with Crippen LogP contribution in [0.3, 0.4) is 0 Å². The zero-order chi connectivity index (χ0) is 18.7. The minimum absolute atomic E-state index is 0.122. The Morgan fingerprint density at radius 2 is 1.92 bits per heavy atom. The standard InChI is InChI=1S/C19H17N3O3S/c1-2-17-18(14-7-8-15(23)16(24)9-14)21-22(19(25)26-17)11-13-5-3-12(10-20)4-6-13/h3-9,17,23-24H,2,11H2,1H3. The lowest BCUT2D eigenvalue weighted by molar-refractivity contribution is 0.222. The van der Waals surface area contributed by atoms with Crippen LogP contribution in [0.25, 0.3) is 0 Å². The molecule has 1 heterocycles. The molecule has 2 aromatic rings. The second kappa shape index (κ2) is 7.50. The topological polar surface area (TPSA) is 96.9 Å². The number of benzene rings is 2. The smallest absolute Gasteiger partial charge is 0.302 e. The molecule has 1 atom stereocenters. The van der Waals surface area contributed by atoms with Gasteiger partial charge in [-0.2, -0.15) is 10.4 Å². The molecule has 0 saturated heterocycles. The van der Waals surface area contributed by atoms with E-state index >= 15 is 0 Å². The SMILES string of the molecule is CCC1SC(=O)N(Cc2ccc(C#N)cc2)N=C1c1ccc(O)c(O)c1.